The number of nitrogens with one attached hydrogen (secondary N) is 3. The number of carboxylic acids is 1. The first kappa shape index (κ1) is 92.0. The van der Waals surface area contributed by atoms with Gasteiger partial charge in [0.15, 0.2) is 0 Å². The fourth-order valence-electron chi connectivity index (χ4n) is 16.1. The Bertz CT molecular complexity index is 3730. The van der Waals surface area contributed by atoms with E-state index in [0.29, 0.717) is 57.0 Å². The molecule has 7 amide bonds. The summed E-state index contributed by atoms with van der Waals surface area (Å²) < 4.78 is 31.7. The maximum absolute atomic E-state index is 13.6. The van der Waals surface area contributed by atoms with Crippen molar-refractivity contribution in [1.82, 2.24) is 25.8 Å². The minimum absolute atomic E-state index is 0.00926. The normalized spacial score (nSPS) is 26.6. The molecule has 3 aromatic carbocycles. The van der Waals surface area contributed by atoms with Crippen LogP contribution in [-0.2, 0) is 86.0 Å². The number of aliphatic hydroxyl groups is 1. The van der Waals surface area contributed by atoms with Crippen LogP contribution in [0.2, 0.25) is 0 Å². The molecular weight excluding hydrogens is 1460 g/mol. The quantitative estimate of drug-likeness (QED) is 0.0129. The van der Waals surface area contributed by atoms with Crippen molar-refractivity contribution in [3.05, 3.63) is 118 Å². The van der Waals surface area contributed by atoms with Crippen LogP contribution < -0.4 is 21.7 Å². The molecule has 28 nitrogen and oxygen atoms in total. The number of carboxylic acid groups (broad SMARTS) is 1. The number of imide groups is 2. The number of nitrogens with zero attached hydrogens (tertiary/aromatic N) is 5. The molecule has 8 aliphatic heterocycles. The number of rotatable bonds is 28. The number of alkyl carbamates (subject to hydrolysis) is 1. The number of carbonyl (C=O) groups excluding carboxylic acids is 10. The summed E-state index contributed by atoms with van der Waals surface area (Å²) in [6.07, 6.45) is 2.27. The van der Waals surface area contributed by atoms with Crippen molar-refractivity contribution >= 4 is 65.8 Å². The number of aliphatic carboxylic acids is 1. The molecule has 8 fully saturated rings. The van der Waals surface area contributed by atoms with Crippen LogP contribution in [0.3, 0.4) is 0 Å². The average molecular weight is 1590 g/mol. The van der Waals surface area contributed by atoms with Gasteiger partial charge >= 0.3 is 42.2 Å². The Morgan fingerprint density at radius 1 is 0.491 bits per heavy atom. The van der Waals surface area contributed by atoms with Gasteiger partial charge in [0, 0.05) is 34.6 Å². The summed E-state index contributed by atoms with van der Waals surface area (Å²) in [5.41, 5.74) is 18.8. The highest BCUT2D eigenvalue weighted by Crippen LogP contribution is 2.39. The third-order valence-electron chi connectivity index (χ3n) is 23.5. The second-order valence-corrected chi connectivity index (χ2v) is 34.6. The van der Waals surface area contributed by atoms with E-state index in [9.17, 15) is 57.8 Å². The second-order valence-electron chi connectivity index (χ2n) is 34.6. The molecule has 0 aliphatic carbocycles. The molecule has 28 heteroatoms. The topological polar surface area (TPSA) is 401 Å². The first-order valence-electron chi connectivity index (χ1n) is 40.9. The van der Waals surface area contributed by atoms with E-state index < -0.39 is 72.3 Å². The molecule has 0 saturated carbocycles. The van der Waals surface area contributed by atoms with Crippen LogP contribution in [-0.4, -0.2) is 172 Å². The summed E-state index contributed by atoms with van der Waals surface area (Å²) in [4.78, 5) is 139. The molecule has 11 rings (SSSR count). The van der Waals surface area contributed by atoms with Crippen molar-refractivity contribution in [2.45, 2.75) is 248 Å². The van der Waals surface area contributed by atoms with Gasteiger partial charge in [-0.15, -0.1) is 0 Å². The third kappa shape index (κ3) is 25.4. The summed E-state index contributed by atoms with van der Waals surface area (Å²) in [6, 6.07) is 27.4. The van der Waals surface area contributed by atoms with Crippen molar-refractivity contribution in [3.63, 3.8) is 0 Å². The number of benzene rings is 3. The van der Waals surface area contributed by atoms with Crippen LogP contribution in [0.5, 0.6) is 0 Å². The molecule has 8 saturated heterocycles. The Kier molecular flexibility index (Phi) is 34.7. The Balaban J connectivity index is 0.000000205. The highest BCUT2D eigenvalue weighted by Gasteiger charge is 2.50. The maximum Gasteiger partial charge on any atom is 0.416 e. The van der Waals surface area contributed by atoms with Crippen molar-refractivity contribution in [1.29, 1.82) is 0 Å². The van der Waals surface area contributed by atoms with Gasteiger partial charge in [-0.2, -0.15) is 0 Å². The molecule has 114 heavy (non-hydrogen) atoms. The maximum atomic E-state index is 13.6. The predicted octanol–water partition coefficient (Wildman–Crippen LogP) is 12.0. The number of carbonyl (C=O) groups is 11. The SMILES string of the molecule is CC(C)C(C[C@H](O)[C@@H]1CC(C(C)C)C(=O)N1)C(=O)O.CC(C)C1C[C@@H]([C@@H](N)C[C@H](C(=O)N2C(=O)OC[C@@H]2Cc2ccccc2)C(C)C)OC1=O.CC(C)C1C[C@@H]([C@@H]2CC(C(C)C)C(=O)O2)NC1=O.CC(C)C1C[C@@H]([C@H](C[C@H](C(=O)N2C(=O)OC[C@@H]2Cc2ccccc2)C(C)C)N=[N+]=[N-])OC1=O.O=C1NC(Cc2ccccc2)CO1. The third-order valence-corrected chi connectivity index (χ3v) is 23.5. The van der Waals surface area contributed by atoms with Crippen LogP contribution in [0.1, 0.15) is 179 Å². The number of amides is 7. The first-order chi connectivity index (χ1) is 53.9. The van der Waals surface area contributed by atoms with Crippen LogP contribution >= 0.6 is 0 Å². The summed E-state index contributed by atoms with van der Waals surface area (Å²) in [5.74, 6) is -3.14. The number of azide groups is 1. The Labute approximate surface area is 671 Å². The molecule has 8 aliphatic rings. The molecule has 7 N–H and O–H groups in total. The van der Waals surface area contributed by atoms with Gasteiger partial charge < -0.3 is 60.3 Å². The van der Waals surface area contributed by atoms with Gasteiger partial charge in [-0.05, 0) is 140 Å². The second kappa shape index (κ2) is 43.0. The number of ether oxygens (including phenoxy) is 6. The van der Waals surface area contributed by atoms with Crippen LogP contribution in [0, 0.1) is 94.7 Å². The molecule has 0 radical (unpaired) electrons. The smallest absolute Gasteiger partial charge is 0.416 e. The number of hydrogen-bond acceptors (Lipinski definition) is 20. The molecule has 19 atom stereocenters. The summed E-state index contributed by atoms with van der Waals surface area (Å²) in [5, 5.41) is 31.7. The van der Waals surface area contributed by atoms with E-state index in [2.05, 4.69) is 39.8 Å². The summed E-state index contributed by atoms with van der Waals surface area (Å²) in [7, 11) is 0. The number of hydrogen-bond donors (Lipinski definition) is 6. The zero-order valence-electron chi connectivity index (χ0n) is 69.3. The fourth-order valence-corrected chi connectivity index (χ4v) is 16.1. The van der Waals surface area contributed by atoms with E-state index in [1.54, 1.807) is 0 Å². The number of esters is 3. The van der Waals surface area contributed by atoms with Gasteiger partial charge in [0.1, 0.15) is 38.1 Å². The van der Waals surface area contributed by atoms with E-state index in [1.807, 2.05) is 188 Å². The van der Waals surface area contributed by atoms with Gasteiger partial charge in [-0.1, -0.05) is 207 Å². The number of cyclic esters (lactones) is 6. The highest BCUT2D eigenvalue weighted by molar-refractivity contribution is 5.96. The fraction of sp³-hybridized carbons (Fsp3) is 0.663. The standard InChI is InChI=1S/C24H32N4O5.C24H34N2O5.C14H25NO4.C14H23NO3.C10H11NO2/c1-14(2)18(11-20(26-27-25)21-12-19(15(3)4)23(30)33-21)22(29)28-17(13-32-24(28)31)10-16-8-6-5-7-9-16;1-14(2)18(11-20(25)21-12-19(15(3)4)23(28)31-21)22(27)26-17(13-30-24(26)29)10-16-8-6-5-7-9-16;1-7(2)9-5-11(15-13(9)17)12(16)6-10(8(3)4)14(18)19;1-7(2)9-5-11(15-13(9)16)12-6-10(8(3)4)14(17)18-12;12-10-11-9(7-13-10)6-8-4-2-1-3-5-8/h5-9,14-15,17-21H,10-13H2,1-4H3;5-9,14-15,17-21H,10-13,25H2,1-4H3;7-12,16H,5-6H2,1-4H3,(H,15,17)(H,18,19);7-12H,5-6H2,1-4H3,(H,15,16);1-5,9H,6-7H2,(H,11,12)/t2*17-,18-,19?,20-,21-;2*9?,10?,11-,12-;/m0000./s1. The van der Waals surface area contributed by atoms with Crippen molar-refractivity contribution in [3.8, 4) is 0 Å². The lowest BCUT2D eigenvalue weighted by molar-refractivity contribution is -0.147. The van der Waals surface area contributed by atoms with Gasteiger partial charge in [0.2, 0.25) is 23.6 Å². The summed E-state index contributed by atoms with van der Waals surface area (Å²) in [6.45, 7) is 32.2. The minimum Gasteiger partial charge on any atom is -0.481 e. The van der Waals surface area contributed by atoms with E-state index in [4.69, 9.17) is 44.8 Å². The van der Waals surface area contributed by atoms with E-state index in [-0.39, 0.29) is 169 Å². The molecule has 0 bridgehead atoms. The molecular formula is C86H125N9O19. The Morgan fingerprint density at radius 3 is 1.30 bits per heavy atom. The van der Waals surface area contributed by atoms with Crippen molar-refractivity contribution in [2.24, 2.45) is 106 Å². The van der Waals surface area contributed by atoms with Crippen molar-refractivity contribution < 1.29 is 91.4 Å². The largest absolute Gasteiger partial charge is 0.481 e. The first-order valence-corrected chi connectivity index (χ1v) is 40.9. The lowest BCUT2D eigenvalue weighted by atomic mass is 9.84. The zero-order valence-corrected chi connectivity index (χ0v) is 69.3. The molecule has 7 unspecified atom stereocenters. The van der Waals surface area contributed by atoms with Gasteiger partial charge in [0.25, 0.3) is 0 Å². The minimum atomic E-state index is -0.890. The number of aliphatic hydroxyl groups excluding tert-OH is 1. The molecule has 8 heterocycles. The molecule has 3 aromatic rings. The lowest BCUT2D eigenvalue weighted by Gasteiger charge is -2.30. The molecule has 0 aromatic heterocycles. The zero-order chi connectivity index (χ0) is 84.1. The van der Waals surface area contributed by atoms with Crippen LogP contribution in [0.4, 0.5) is 14.4 Å². The predicted molar refractivity (Wildman–Crippen MR) is 424 cm³/mol. The monoisotopic (exact) mass is 1590 g/mol. The molecule has 0 spiro atoms. The highest BCUT2D eigenvalue weighted by atomic mass is 16.6. The number of nitrogens with two attached hydrogens (primary N) is 1. The van der Waals surface area contributed by atoms with Crippen LogP contribution in [0.25, 0.3) is 10.4 Å². The van der Waals surface area contributed by atoms with Gasteiger partial charge in [-0.3, -0.25) is 38.4 Å². The Morgan fingerprint density at radius 2 is 0.904 bits per heavy atom. The average Bonchev–Trinajstić information content (AvgIpc) is 1.69. The van der Waals surface area contributed by atoms with Gasteiger partial charge in [-0.25, -0.2) is 24.2 Å². The van der Waals surface area contributed by atoms with Crippen molar-refractivity contribution in [2.75, 3.05) is 19.8 Å². The summed E-state index contributed by atoms with van der Waals surface area (Å²) >= 11 is 0. The molecule has 628 valence electrons. The van der Waals surface area contributed by atoms with Gasteiger partial charge in [0.05, 0.1) is 66.0 Å². The Hall–Kier alpha value is -9.14. The van der Waals surface area contributed by atoms with Crippen LogP contribution in [0.15, 0.2) is 96.1 Å². The van der Waals surface area contributed by atoms with E-state index in [0.717, 1.165) is 30.4 Å². The van der Waals surface area contributed by atoms with E-state index in [1.165, 1.54) is 15.4 Å². The lowest BCUT2D eigenvalue weighted by Crippen LogP contribution is -2.47. The van der Waals surface area contributed by atoms with E-state index >= 15 is 0 Å².